The van der Waals surface area contributed by atoms with E-state index in [2.05, 4.69) is 49.6 Å². The molecule has 2 nitrogen and oxygen atoms in total. The Balaban J connectivity index is 1.97. The summed E-state index contributed by atoms with van der Waals surface area (Å²) >= 11 is 0. The summed E-state index contributed by atoms with van der Waals surface area (Å²) in [5.74, 6) is 0. The van der Waals surface area contributed by atoms with Crippen molar-refractivity contribution in [3.63, 3.8) is 0 Å². The molecule has 2 rings (SSSR count). The van der Waals surface area contributed by atoms with Crippen LogP contribution in [0.25, 0.3) is 0 Å². The molecule has 0 radical (unpaired) electrons. The van der Waals surface area contributed by atoms with Gasteiger partial charge in [0.2, 0.25) is 0 Å². The molecule has 100 valence electrons. The fourth-order valence-electron chi connectivity index (χ4n) is 2.41. The van der Waals surface area contributed by atoms with Crippen LogP contribution in [-0.4, -0.2) is 13.1 Å². The second-order valence-corrected chi connectivity index (χ2v) is 6.09. The lowest BCUT2D eigenvalue weighted by Gasteiger charge is -2.25. The summed E-state index contributed by atoms with van der Waals surface area (Å²) in [4.78, 5) is 0. The van der Waals surface area contributed by atoms with E-state index >= 15 is 0 Å². The number of fused-ring (bicyclic) bond motifs is 1. The van der Waals surface area contributed by atoms with Gasteiger partial charge in [-0.15, -0.1) is 0 Å². The number of nitrogens with one attached hydrogen (secondary N) is 2. The largest absolute Gasteiger partial charge is 0.385 e. The maximum Gasteiger partial charge on any atom is 0.0375 e. The van der Waals surface area contributed by atoms with Gasteiger partial charge in [-0.2, -0.15) is 0 Å². The molecule has 2 heteroatoms. The van der Waals surface area contributed by atoms with Gasteiger partial charge in [0.1, 0.15) is 0 Å². The topological polar surface area (TPSA) is 24.1 Å². The highest BCUT2D eigenvalue weighted by atomic mass is 14.9. The molecule has 0 amide bonds. The summed E-state index contributed by atoms with van der Waals surface area (Å²) < 4.78 is 0. The molecule has 0 spiro atoms. The third-order valence-corrected chi connectivity index (χ3v) is 4.07. The van der Waals surface area contributed by atoms with Crippen molar-refractivity contribution in [2.75, 3.05) is 18.4 Å². The van der Waals surface area contributed by atoms with Crippen LogP contribution >= 0.6 is 0 Å². The quantitative estimate of drug-likeness (QED) is 0.830. The van der Waals surface area contributed by atoms with E-state index in [0.29, 0.717) is 5.41 Å². The van der Waals surface area contributed by atoms with E-state index < -0.39 is 0 Å². The van der Waals surface area contributed by atoms with E-state index in [9.17, 15) is 0 Å². The molecule has 0 saturated heterocycles. The van der Waals surface area contributed by atoms with Gasteiger partial charge in [-0.1, -0.05) is 32.9 Å². The summed E-state index contributed by atoms with van der Waals surface area (Å²) in [6.45, 7) is 10.1. The second-order valence-electron chi connectivity index (χ2n) is 6.09. The van der Waals surface area contributed by atoms with E-state index in [-0.39, 0.29) is 0 Å². The van der Waals surface area contributed by atoms with Crippen LogP contribution in [0.4, 0.5) is 5.69 Å². The molecule has 1 aliphatic rings. The Labute approximate surface area is 111 Å². The molecule has 1 heterocycles. The summed E-state index contributed by atoms with van der Waals surface area (Å²) in [7, 11) is 0. The first-order chi connectivity index (χ1) is 8.62. The van der Waals surface area contributed by atoms with Crippen LogP contribution in [0.2, 0.25) is 0 Å². The van der Waals surface area contributed by atoms with Gasteiger partial charge in [0, 0.05) is 25.3 Å². The Bertz CT molecular complexity index is 396. The molecular weight excluding hydrogens is 220 g/mol. The summed E-state index contributed by atoms with van der Waals surface area (Å²) in [5.41, 5.74) is 4.72. The van der Waals surface area contributed by atoms with Crippen LogP contribution in [0.1, 0.15) is 44.7 Å². The maximum absolute atomic E-state index is 3.62. The molecule has 0 saturated carbocycles. The number of rotatable bonds is 5. The van der Waals surface area contributed by atoms with Crippen molar-refractivity contribution in [1.29, 1.82) is 0 Å². The molecule has 0 bridgehead atoms. The predicted octanol–water partition coefficient (Wildman–Crippen LogP) is 3.57. The van der Waals surface area contributed by atoms with Gasteiger partial charge in [-0.05, 0) is 41.9 Å². The van der Waals surface area contributed by atoms with Crippen LogP contribution in [-0.2, 0) is 13.0 Å². The molecule has 1 aromatic rings. The lowest BCUT2D eigenvalue weighted by atomic mass is 9.90. The average molecular weight is 246 g/mol. The fraction of sp³-hybridized carbons (Fsp3) is 0.625. The second kappa shape index (κ2) is 5.75. The predicted molar refractivity (Wildman–Crippen MR) is 79.0 cm³/mol. The Morgan fingerprint density at radius 1 is 1.33 bits per heavy atom. The summed E-state index contributed by atoms with van der Waals surface area (Å²) in [6, 6.07) is 6.63. The number of hydrogen-bond donors (Lipinski definition) is 2. The molecular formula is C16H26N2. The normalized spacial score (nSPS) is 15.1. The van der Waals surface area contributed by atoms with Crippen molar-refractivity contribution >= 4 is 5.69 Å². The van der Waals surface area contributed by atoms with E-state index in [1.54, 1.807) is 0 Å². The first-order valence-electron chi connectivity index (χ1n) is 7.18. The van der Waals surface area contributed by atoms with Gasteiger partial charge in [0.05, 0.1) is 0 Å². The molecule has 0 aromatic heterocycles. The Morgan fingerprint density at radius 3 is 2.94 bits per heavy atom. The molecule has 1 aliphatic heterocycles. The minimum Gasteiger partial charge on any atom is -0.385 e. The Morgan fingerprint density at radius 2 is 2.17 bits per heavy atom. The van der Waals surface area contributed by atoms with Crippen molar-refractivity contribution < 1.29 is 0 Å². The Hall–Kier alpha value is -1.02. The maximum atomic E-state index is 3.62. The molecule has 2 N–H and O–H groups in total. The number of hydrogen-bond acceptors (Lipinski definition) is 2. The van der Waals surface area contributed by atoms with E-state index in [4.69, 9.17) is 0 Å². The van der Waals surface area contributed by atoms with Gasteiger partial charge in [0.25, 0.3) is 0 Å². The van der Waals surface area contributed by atoms with Gasteiger partial charge < -0.3 is 10.6 Å². The van der Waals surface area contributed by atoms with Crippen molar-refractivity contribution in [2.45, 2.75) is 46.6 Å². The van der Waals surface area contributed by atoms with Crippen molar-refractivity contribution in [1.82, 2.24) is 5.32 Å². The first kappa shape index (κ1) is 13.4. The highest BCUT2D eigenvalue weighted by Crippen LogP contribution is 2.25. The van der Waals surface area contributed by atoms with Crippen LogP contribution in [0.15, 0.2) is 18.2 Å². The van der Waals surface area contributed by atoms with Crippen LogP contribution < -0.4 is 10.6 Å². The smallest absolute Gasteiger partial charge is 0.0375 e. The third-order valence-electron chi connectivity index (χ3n) is 4.07. The minimum atomic E-state index is 0.396. The first-order valence-corrected chi connectivity index (χ1v) is 7.18. The van der Waals surface area contributed by atoms with Gasteiger partial charge in [0.15, 0.2) is 0 Å². The minimum absolute atomic E-state index is 0.396. The van der Waals surface area contributed by atoms with E-state index in [1.165, 1.54) is 36.1 Å². The average Bonchev–Trinajstić information content (AvgIpc) is 2.39. The molecule has 0 unspecified atom stereocenters. The lowest BCUT2D eigenvalue weighted by molar-refractivity contribution is 0.327. The van der Waals surface area contributed by atoms with E-state index in [0.717, 1.165) is 19.6 Å². The van der Waals surface area contributed by atoms with Crippen LogP contribution in [0, 0.1) is 5.41 Å². The lowest BCUT2D eigenvalue weighted by Crippen LogP contribution is -2.29. The molecule has 18 heavy (non-hydrogen) atoms. The Kier molecular flexibility index (Phi) is 4.28. The van der Waals surface area contributed by atoms with Gasteiger partial charge in [-0.25, -0.2) is 0 Å². The number of anilines is 1. The van der Waals surface area contributed by atoms with Gasteiger partial charge in [-0.3, -0.25) is 0 Å². The zero-order valence-electron chi connectivity index (χ0n) is 12.0. The van der Waals surface area contributed by atoms with Crippen LogP contribution in [0.3, 0.4) is 0 Å². The molecule has 0 atom stereocenters. The molecule has 1 aromatic carbocycles. The summed E-state index contributed by atoms with van der Waals surface area (Å²) in [6.07, 6.45) is 3.69. The SMILES string of the molecule is CCC(C)(C)CNCc1cccc2c1CCCN2. The number of benzene rings is 1. The van der Waals surface area contributed by atoms with Crippen molar-refractivity contribution in [2.24, 2.45) is 5.41 Å². The monoisotopic (exact) mass is 246 g/mol. The van der Waals surface area contributed by atoms with Crippen molar-refractivity contribution in [3.8, 4) is 0 Å². The molecule has 0 fully saturated rings. The fourth-order valence-corrected chi connectivity index (χ4v) is 2.41. The molecule has 0 aliphatic carbocycles. The van der Waals surface area contributed by atoms with Gasteiger partial charge >= 0.3 is 0 Å². The highest BCUT2D eigenvalue weighted by molar-refractivity contribution is 5.56. The summed E-state index contributed by atoms with van der Waals surface area (Å²) in [5, 5.41) is 7.11. The van der Waals surface area contributed by atoms with Crippen LogP contribution in [0.5, 0.6) is 0 Å². The third kappa shape index (κ3) is 3.26. The standard InChI is InChI=1S/C16H26N2/c1-4-16(2,3)12-17-11-13-7-5-9-15-14(13)8-6-10-18-15/h5,7,9,17-18H,4,6,8,10-12H2,1-3H3. The highest BCUT2D eigenvalue weighted by Gasteiger charge is 2.15. The zero-order chi connectivity index (χ0) is 13.0. The van der Waals surface area contributed by atoms with E-state index in [1.807, 2.05) is 0 Å². The van der Waals surface area contributed by atoms with Crippen molar-refractivity contribution in [3.05, 3.63) is 29.3 Å². The zero-order valence-corrected chi connectivity index (χ0v) is 12.0.